The third-order valence-corrected chi connectivity index (χ3v) is 3.95. The fourth-order valence-corrected chi connectivity index (χ4v) is 3.24. The van der Waals surface area contributed by atoms with E-state index in [0.717, 1.165) is 19.4 Å². The minimum Gasteiger partial charge on any atom is -0.369 e. The van der Waals surface area contributed by atoms with Gasteiger partial charge in [0.1, 0.15) is 0 Å². The Kier molecular flexibility index (Phi) is 3.07. The fraction of sp³-hybridized carbons (Fsp3) is 0.545. The van der Waals surface area contributed by atoms with Gasteiger partial charge in [0.25, 0.3) is 0 Å². The Bertz CT molecular complexity index is 361. The number of amides is 1. The molecular formula is C11H16N2OS. The molecule has 82 valence electrons. The summed E-state index contributed by atoms with van der Waals surface area (Å²) in [7, 11) is 0. The Morgan fingerprint density at radius 1 is 1.73 bits per heavy atom. The van der Waals surface area contributed by atoms with E-state index in [0.29, 0.717) is 12.6 Å². The highest BCUT2D eigenvalue weighted by molar-refractivity contribution is 7.10. The average Bonchev–Trinajstić information content (AvgIpc) is 2.64. The van der Waals surface area contributed by atoms with Crippen LogP contribution in [0.25, 0.3) is 0 Å². The SMILES string of the molecule is CC[C@H]1c2ccsc2CCN1CC(N)=O. The summed E-state index contributed by atoms with van der Waals surface area (Å²) < 4.78 is 0. The fourth-order valence-electron chi connectivity index (χ4n) is 2.32. The number of carbonyl (C=O) groups excluding carboxylic acids is 1. The van der Waals surface area contributed by atoms with Gasteiger partial charge in [-0.15, -0.1) is 11.3 Å². The molecule has 0 fully saturated rings. The van der Waals surface area contributed by atoms with Gasteiger partial charge >= 0.3 is 0 Å². The Labute approximate surface area is 93.9 Å². The largest absolute Gasteiger partial charge is 0.369 e. The van der Waals surface area contributed by atoms with Gasteiger partial charge in [-0.25, -0.2) is 0 Å². The molecule has 3 nitrogen and oxygen atoms in total. The average molecular weight is 224 g/mol. The van der Waals surface area contributed by atoms with Crippen LogP contribution < -0.4 is 5.73 Å². The Morgan fingerprint density at radius 2 is 2.53 bits per heavy atom. The molecule has 4 heteroatoms. The molecule has 1 aromatic heterocycles. The van der Waals surface area contributed by atoms with E-state index in [4.69, 9.17) is 5.73 Å². The Hall–Kier alpha value is -0.870. The standard InChI is InChI=1S/C11H16N2OS/c1-2-9-8-4-6-15-10(8)3-5-13(9)7-11(12)14/h4,6,9H,2-3,5,7H2,1H3,(H2,12,14)/t9-/m0/s1. The van der Waals surface area contributed by atoms with E-state index in [9.17, 15) is 4.79 Å². The van der Waals surface area contributed by atoms with Crippen LogP contribution in [0, 0.1) is 0 Å². The molecule has 15 heavy (non-hydrogen) atoms. The molecule has 0 spiro atoms. The first-order valence-electron chi connectivity index (χ1n) is 5.31. The molecule has 0 bridgehead atoms. The van der Waals surface area contributed by atoms with E-state index in [1.54, 1.807) is 0 Å². The van der Waals surface area contributed by atoms with Crippen molar-refractivity contribution >= 4 is 17.2 Å². The summed E-state index contributed by atoms with van der Waals surface area (Å²) in [4.78, 5) is 14.6. The van der Waals surface area contributed by atoms with Crippen molar-refractivity contribution in [1.82, 2.24) is 4.90 Å². The molecule has 1 atom stereocenters. The van der Waals surface area contributed by atoms with Gasteiger partial charge in [0, 0.05) is 17.5 Å². The lowest BCUT2D eigenvalue weighted by Crippen LogP contribution is -2.40. The van der Waals surface area contributed by atoms with Gasteiger partial charge < -0.3 is 5.73 Å². The first kappa shape index (κ1) is 10.6. The number of nitrogens with zero attached hydrogens (tertiary/aromatic N) is 1. The molecule has 1 aliphatic rings. The summed E-state index contributed by atoms with van der Waals surface area (Å²) in [5.41, 5.74) is 6.66. The summed E-state index contributed by atoms with van der Waals surface area (Å²) in [5, 5.41) is 2.14. The second-order valence-electron chi connectivity index (χ2n) is 3.91. The van der Waals surface area contributed by atoms with E-state index in [2.05, 4.69) is 23.3 Å². The lowest BCUT2D eigenvalue weighted by Gasteiger charge is -2.34. The number of primary amides is 1. The summed E-state index contributed by atoms with van der Waals surface area (Å²) in [6.45, 7) is 3.49. The second-order valence-corrected chi connectivity index (χ2v) is 4.91. The third kappa shape index (κ3) is 2.06. The molecule has 0 saturated heterocycles. The Morgan fingerprint density at radius 3 is 3.20 bits per heavy atom. The van der Waals surface area contributed by atoms with Crippen LogP contribution in [-0.4, -0.2) is 23.9 Å². The van der Waals surface area contributed by atoms with Gasteiger partial charge in [-0.2, -0.15) is 0 Å². The zero-order valence-electron chi connectivity index (χ0n) is 8.90. The van der Waals surface area contributed by atoms with Gasteiger partial charge in [0.05, 0.1) is 6.54 Å². The Balaban J connectivity index is 2.21. The molecule has 1 amide bonds. The summed E-state index contributed by atoms with van der Waals surface area (Å²) in [6, 6.07) is 2.56. The van der Waals surface area contributed by atoms with Crippen LogP contribution in [-0.2, 0) is 11.2 Å². The number of nitrogens with two attached hydrogens (primary N) is 1. The number of hydrogen-bond acceptors (Lipinski definition) is 3. The molecule has 1 aromatic rings. The van der Waals surface area contributed by atoms with Crippen molar-refractivity contribution in [1.29, 1.82) is 0 Å². The highest BCUT2D eigenvalue weighted by Gasteiger charge is 2.27. The molecule has 0 aromatic carbocycles. The molecule has 2 rings (SSSR count). The number of rotatable bonds is 3. The van der Waals surface area contributed by atoms with Crippen molar-refractivity contribution in [2.45, 2.75) is 25.8 Å². The van der Waals surface area contributed by atoms with E-state index in [1.807, 2.05) is 11.3 Å². The monoisotopic (exact) mass is 224 g/mol. The summed E-state index contributed by atoms with van der Waals surface area (Å²) >= 11 is 1.82. The number of thiophene rings is 1. The van der Waals surface area contributed by atoms with Crippen molar-refractivity contribution in [3.05, 3.63) is 21.9 Å². The molecule has 1 aliphatic heterocycles. The van der Waals surface area contributed by atoms with Gasteiger partial charge in [0.15, 0.2) is 0 Å². The van der Waals surface area contributed by atoms with Crippen molar-refractivity contribution < 1.29 is 4.79 Å². The summed E-state index contributed by atoms with van der Waals surface area (Å²) in [5.74, 6) is -0.230. The molecule has 2 N–H and O–H groups in total. The first-order chi connectivity index (χ1) is 7.22. The lowest BCUT2D eigenvalue weighted by atomic mass is 9.98. The lowest BCUT2D eigenvalue weighted by molar-refractivity contribution is -0.119. The van der Waals surface area contributed by atoms with Crippen molar-refractivity contribution in [2.24, 2.45) is 5.73 Å². The number of hydrogen-bond donors (Lipinski definition) is 1. The summed E-state index contributed by atoms with van der Waals surface area (Å²) in [6.07, 6.45) is 2.09. The minimum absolute atomic E-state index is 0.230. The maximum absolute atomic E-state index is 11.0. The molecule has 2 heterocycles. The molecular weight excluding hydrogens is 208 g/mol. The van der Waals surface area contributed by atoms with Gasteiger partial charge in [-0.3, -0.25) is 9.69 Å². The highest BCUT2D eigenvalue weighted by Crippen LogP contribution is 2.34. The first-order valence-corrected chi connectivity index (χ1v) is 6.19. The van der Waals surface area contributed by atoms with Crippen molar-refractivity contribution in [2.75, 3.05) is 13.1 Å². The molecule has 0 unspecified atom stereocenters. The quantitative estimate of drug-likeness (QED) is 0.846. The number of fused-ring (bicyclic) bond motifs is 1. The molecule has 0 radical (unpaired) electrons. The second kappa shape index (κ2) is 4.33. The zero-order valence-corrected chi connectivity index (χ0v) is 9.72. The van der Waals surface area contributed by atoms with Crippen LogP contribution in [0.1, 0.15) is 29.8 Å². The van der Waals surface area contributed by atoms with Crippen molar-refractivity contribution in [3.8, 4) is 0 Å². The van der Waals surface area contributed by atoms with Crippen LogP contribution in [0.15, 0.2) is 11.4 Å². The smallest absolute Gasteiger partial charge is 0.231 e. The van der Waals surface area contributed by atoms with Gasteiger partial charge in [-0.1, -0.05) is 6.92 Å². The van der Waals surface area contributed by atoms with Crippen LogP contribution >= 0.6 is 11.3 Å². The molecule has 0 aliphatic carbocycles. The van der Waals surface area contributed by atoms with E-state index < -0.39 is 0 Å². The van der Waals surface area contributed by atoms with E-state index in [-0.39, 0.29) is 5.91 Å². The zero-order chi connectivity index (χ0) is 10.8. The topological polar surface area (TPSA) is 46.3 Å². The minimum atomic E-state index is -0.230. The van der Waals surface area contributed by atoms with E-state index >= 15 is 0 Å². The van der Waals surface area contributed by atoms with Gasteiger partial charge in [0.2, 0.25) is 5.91 Å². The maximum atomic E-state index is 11.0. The van der Waals surface area contributed by atoms with Crippen LogP contribution in [0.2, 0.25) is 0 Å². The third-order valence-electron chi connectivity index (χ3n) is 2.95. The van der Waals surface area contributed by atoms with Crippen LogP contribution in [0.5, 0.6) is 0 Å². The predicted octanol–water partition coefficient (Wildman–Crippen LogP) is 1.54. The van der Waals surface area contributed by atoms with Crippen molar-refractivity contribution in [3.63, 3.8) is 0 Å². The molecule has 0 saturated carbocycles. The normalized spacial score (nSPS) is 21.3. The maximum Gasteiger partial charge on any atom is 0.231 e. The highest BCUT2D eigenvalue weighted by atomic mass is 32.1. The van der Waals surface area contributed by atoms with Crippen LogP contribution in [0.3, 0.4) is 0 Å². The van der Waals surface area contributed by atoms with Crippen LogP contribution in [0.4, 0.5) is 0 Å². The van der Waals surface area contributed by atoms with E-state index in [1.165, 1.54) is 10.4 Å². The van der Waals surface area contributed by atoms with Gasteiger partial charge in [-0.05, 0) is 29.9 Å². The predicted molar refractivity (Wildman–Crippen MR) is 61.8 cm³/mol. The number of carbonyl (C=O) groups is 1.